The second-order valence-corrected chi connectivity index (χ2v) is 5.35. The number of halogens is 1. The number of nitrogens with one attached hydrogen (secondary N) is 2. The summed E-state index contributed by atoms with van der Waals surface area (Å²) in [5.74, 6) is 2.63. The highest BCUT2D eigenvalue weighted by Gasteiger charge is 2.53. The van der Waals surface area contributed by atoms with Crippen molar-refractivity contribution in [3.63, 3.8) is 0 Å². The first kappa shape index (κ1) is 9.60. The number of aromatic nitrogens is 1. The Bertz CT molecular complexity index is 383. The van der Waals surface area contributed by atoms with Gasteiger partial charge in [0, 0.05) is 25.3 Å². The Kier molecular flexibility index (Phi) is 2.21. The molecule has 0 radical (unpaired) electrons. The molecular formula is C11H14BrN3. The number of pyridine rings is 1. The minimum atomic E-state index is 0.637. The first-order chi connectivity index (χ1) is 7.25. The Hall–Kier alpha value is -0.610. The maximum Gasteiger partial charge on any atom is 0.140 e. The molecule has 2 atom stereocenters. The number of anilines is 1. The molecule has 80 valence electrons. The number of aryl methyl sites for hydroxylation is 1. The van der Waals surface area contributed by atoms with Crippen molar-refractivity contribution in [3.05, 3.63) is 22.3 Å². The zero-order valence-corrected chi connectivity index (χ0v) is 10.2. The summed E-state index contributed by atoms with van der Waals surface area (Å²) in [5.41, 5.74) is 1.19. The molecule has 1 aliphatic carbocycles. The fourth-order valence-corrected chi connectivity index (χ4v) is 3.01. The van der Waals surface area contributed by atoms with Gasteiger partial charge in [0.05, 0.1) is 4.47 Å². The van der Waals surface area contributed by atoms with Gasteiger partial charge in [-0.05, 0) is 46.3 Å². The molecule has 2 fully saturated rings. The zero-order chi connectivity index (χ0) is 10.4. The van der Waals surface area contributed by atoms with Crippen LogP contribution in [-0.4, -0.2) is 24.1 Å². The van der Waals surface area contributed by atoms with Gasteiger partial charge in [-0.1, -0.05) is 0 Å². The number of fused-ring (bicyclic) bond motifs is 1. The summed E-state index contributed by atoms with van der Waals surface area (Å²) in [7, 11) is 0. The maximum atomic E-state index is 4.41. The standard InChI is InChI=1S/C11H14BrN3/c1-6-2-9(12)11(14-3-6)15-10-7-4-13-5-8(7)10/h2-3,7-8,10,13H,4-5H2,1H3,(H,14,15). The van der Waals surface area contributed by atoms with Crippen LogP contribution in [0.25, 0.3) is 0 Å². The van der Waals surface area contributed by atoms with E-state index in [9.17, 15) is 0 Å². The topological polar surface area (TPSA) is 37.0 Å². The molecule has 1 saturated carbocycles. The van der Waals surface area contributed by atoms with E-state index in [2.05, 4.69) is 44.5 Å². The highest BCUT2D eigenvalue weighted by molar-refractivity contribution is 9.10. The fraction of sp³-hybridized carbons (Fsp3) is 0.545. The molecule has 0 bridgehead atoms. The van der Waals surface area contributed by atoms with Crippen LogP contribution < -0.4 is 10.6 Å². The molecule has 2 aliphatic rings. The molecule has 0 amide bonds. The van der Waals surface area contributed by atoms with Crippen LogP contribution in [0.5, 0.6) is 0 Å². The monoisotopic (exact) mass is 267 g/mol. The summed E-state index contributed by atoms with van der Waals surface area (Å²) in [6, 6.07) is 2.74. The normalized spacial score (nSPS) is 32.5. The maximum absolute atomic E-state index is 4.41. The molecule has 1 aromatic heterocycles. The molecule has 15 heavy (non-hydrogen) atoms. The number of piperidine rings is 1. The largest absolute Gasteiger partial charge is 0.366 e. The molecule has 1 aliphatic heterocycles. The van der Waals surface area contributed by atoms with Crippen LogP contribution in [-0.2, 0) is 0 Å². The lowest BCUT2D eigenvalue weighted by Gasteiger charge is -2.10. The molecular weight excluding hydrogens is 254 g/mol. The van der Waals surface area contributed by atoms with E-state index in [0.29, 0.717) is 6.04 Å². The lowest BCUT2D eigenvalue weighted by Crippen LogP contribution is -2.21. The number of hydrogen-bond donors (Lipinski definition) is 2. The van der Waals surface area contributed by atoms with Crippen LogP contribution in [0.2, 0.25) is 0 Å². The van der Waals surface area contributed by atoms with E-state index in [4.69, 9.17) is 0 Å². The number of hydrogen-bond acceptors (Lipinski definition) is 3. The van der Waals surface area contributed by atoms with Crippen molar-refractivity contribution in [1.82, 2.24) is 10.3 Å². The van der Waals surface area contributed by atoms with Gasteiger partial charge in [0.2, 0.25) is 0 Å². The van der Waals surface area contributed by atoms with Gasteiger partial charge in [0.15, 0.2) is 0 Å². The van der Waals surface area contributed by atoms with Gasteiger partial charge in [0.25, 0.3) is 0 Å². The van der Waals surface area contributed by atoms with Crippen molar-refractivity contribution in [3.8, 4) is 0 Å². The molecule has 0 spiro atoms. The van der Waals surface area contributed by atoms with Crippen LogP contribution in [0, 0.1) is 18.8 Å². The van der Waals surface area contributed by atoms with Crippen LogP contribution in [0.3, 0.4) is 0 Å². The molecule has 2 unspecified atom stereocenters. The van der Waals surface area contributed by atoms with Crippen molar-refractivity contribution < 1.29 is 0 Å². The van der Waals surface area contributed by atoms with Gasteiger partial charge in [-0.25, -0.2) is 4.98 Å². The van der Waals surface area contributed by atoms with E-state index >= 15 is 0 Å². The van der Waals surface area contributed by atoms with Gasteiger partial charge in [-0.15, -0.1) is 0 Å². The zero-order valence-electron chi connectivity index (χ0n) is 8.63. The van der Waals surface area contributed by atoms with Crippen LogP contribution in [0.4, 0.5) is 5.82 Å². The number of rotatable bonds is 2. The lowest BCUT2D eigenvalue weighted by atomic mass is 10.3. The van der Waals surface area contributed by atoms with Gasteiger partial charge >= 0.3 is 0 Å². The summed E-state index contributed by atoms with van der Waals surface area (Å²) >= 11 is 3.54. The lowest BCUT2D eigenvalue weighted by molar-refractivity contribution is 0.695. The minimum Gasteiger partial charge on any atom is -0.366 e. The predicted octanol–water partition coefficient (Wildman–Crippen LogP) is 1.78. The highest BCUT2D eigenvalue weighted by atomic mass is 79.9. The summed E-state index contributed by atoms with van der Waals surface area (Å²) in [6.45, 7) is 4.37. The predicted molar refractivity (Wildman–Crippen MR) is 63.9 cm³/mol. The average Bonchev–Trinajstić information content (AvgIpc) is 2.66. The molecule has 0 aromatic carbocycles. The first-order valence-corrected chi connectivity index (χ1v) is 6.14. The Morgan fingerprint density at radius 2 is 2.20 bits per heavy atom. The molecule has 1 aromatic rings. The van der Waals surface area contributed by atoms with Crippen molar-refractivity contribution in [1.29, 1.82) is 0 Å². The third kappa shape index (κ3) is 1.66. The Morgan fingerprint density at radius 1 is 1.47 bits per heavy atom. The van der Waals surface area contributed by atoms with E-state index in [-0.39, 0.29) is 0 Å². The van der Waals surface area contributed by atoms with Gasteiger partial charge < -0.3 is 10.6 Å². The second kappa shape index (κ2) is 3.46. The van der Waals surface area contributed by atoms with E-state index in [1.54, 1.807) is 0 Å². The van der Waals surface area contributed by atoms with Gasteiger partial charge in [0.1, 0.15) is 5.82 Å². The molecule has 3 rings (SSSR count). The van der Waals surface area contributed by atoms with E-state index in [1.807, 2.05) is 6.20 Å². The van der Waals surface area contributed by atoms with E-state index in [1.165, 1.54) is 5.56 Å². The highest BCUT2D eigenvalue weighted by Crippen LogP contribution is 2.44. The summed E-state index contributed by atoms with van der Waals surface area (Å²) < 4.78 is 1.07. The smallest absolute Gasteiger partial charge is 0.140 e. The van der Waals surface area contributed by atoms with E-state index in [0.717, 1.165) is 35.2 Å². The Labute approximate surface area is 97.8 Å². The third-order valence-electron chi connectivity index (χ3n) is 3.37. The van der Waals surface area contributed by atoms with Gasteiger partial charge in [-0.3, -0.25) is 0 Å². The summed E-state index contributed by atoms with van der Waals surface area (Å²) in [4.78, 5) is 4.41. The molecule has 2 heterocycles. The Balaban J connectivity index is 1.72. The Morgan fingerprint density at radius 3 is 2.87 bits per heavy atom. The quantitative estimate of drug-likeness (QED) is 0.858. The van der Waals surface area contributed by atoms with Crippen molar-refractivity contribution in [2.75, 3.05) is 18.4 Å². The summed E-state index contributed by atoms with van der Waals surface area (Å²) in [6.07, 6.45) is 1.91. The first-order valence-electron chi connectivity index (χ1n) is 5.35. The molecule has 4 heteroatoms. The molecule has 2 N–H and O–H groups in total. The summed E-state index contributed by atoms with van der Waals surface area (Å²) in [5, 5.41) is 6.90. The van der Waals surface area contributed by atoms with Crippen LogP contribution in [0.15, 0.2) is 16.7 Å². The van der Waals surface area contributed by atoms with Crippen molar-refractivity contribution >= 4 is 21.7 Å². The van der Waals surface area contributed by atoms with Crippen LogP contribution >= 0.6 is 15.9 Å². The number of nitrogens with zero attached hydrogens (tertiary/aromatic N) is 1. The van der Waals surface area contributed by atoms with Gasteiger partial charge in [-0.2, -0.15) is 0 Å². The molecule has 3 nitrogen and oxygen atoms in total. The van der Waals surface area contributed by atoms with Crippen molar-refractivity contribution in [2.45, 2.75) is 13.0 Å². The minimum absolute atomic E-state index is 0.637. The van der Waals surface area contributed by atoms with Crippen molar-refractivity contribution in [2.24, 2.45) is 11.8 Å². The van der Waals surface area contributed by atoms with E-state index < -0.39 is 0 Å². The third-order valence-corrected chi connectivity index (χ3v) is 3.98. The SMILES string of the molecule is Cc1cnc(NC2C3CNCC32)c(Br)c1. The average molecular weight is 268 g/mol. The fourth-order valence-electron chi connectivity index (χ4n) is 2.43. The molecule has 1 saturated heterocycles. The van der Waals surface area contributed by atoms with Crippen LogP contribution in [0.1, 0.15) is 5.56 Å². The second-order valence-electron chi connectivity index (χ2n) is 4.50.